The number of benzene rings is 1. The van der Waals surface area contributed by atoms with Crippen LogP contribution in [0.4, 0.5) is 9.18 Å². The van der Waals surface area contributed by atoms with Gasteiger partial charge >= 0.3 is 6.09 Å². The lowest BCUT2D eigenvalue weighted by atomic mass is 9.92. The summed E-state index contributed by atoms with van der Waals surface area (Å²) in [4.78, 5) is 57.3. The van der Waals surface area contributed by atoms with Gasteiger partial charge in [0, 0.05) is 31.0 Å². The number of fused-ring (bicyclic) bond motifs is 3. The minimum Gasteiger partial charge on any atom is -0.444 e. The number of allylic oxidation sites excluding steroid dienone is 1. The molecule has 0 radical (unpaired) electrons. The number of carbonyl (C=O) groups excluding carboxylic acids is 4. The highest BCUT2D eigenvalue weighted by atomic mass is 32.2. The lowest BCUT2D eigenvalue weighted by molar-refractivity contribution is -0.153. The quantitative estimate of drug-likeness (QED) is 0.391. The molecule has 3 aliphatic heterocycles. The summed E-state index contributed by atoms with van der Waals surface area (Å²) < 4.78 is 47.9. The Balaban J connectivity index is 1.28. The van der Waals surface area contributed by atoms with Gasteiger partial charge in [-0.1, -0.05) is 37.1 Å². The molecule has 0 aromatic heterocycles. The second-order valence-electron chi connectivity index (χ2n) is 12.3. The first-order valence-corrected chi connectivity index (χ1v) is 16.7. The van der Waals surface area contributed by atoms with Crippen molar-refractivity contribution < 1.29 is 36.7 Å². The van der Waals surface area contributed by atoms with E-state index in [9.17, 15) is 32.0 Å². The summed E-state index contributed by atoms with van der Waals surface area (Å²) in [7, 11) is -4.06. The minimum atomic E-state index is -4.06. The minimum absolute atomic E-state index is 0.00145. The molecule has 43 heavy (non-hydrogen) atoms. The third kappa shape index (κ3) is 6.00. The van der Waals surface area contributed by atoms with Gasteiger partial charge in [0.1, 0.15) is 11.9 Å². The molecular formula is C30H37FN4O7S. The summed E-state index contributed by atoms with van der Waals surface area (Å²) >= 11 is 0. The van der Waals surface area contributed by atoms with Gasteiger partial charge in [0.15, 0.2) is 0 Å². The maximum atomic E-state index is 14.3. The number of rotatable bonds is 4. The van der Waals surface area contributed by atoms with E-state index >= 15 is 0 Å². The van der Waals surface area contributed by atoms with E-state index in [1.54, 1.807) is 12.1 Å². The molecule has 13 heteroatoms. The largest absolute Gasteiger partial charge is 0.444 e. The van der Waals surface area contributed by atoms with Gasteiger partial charge in [-0.05, 0) is 56.1 Å². The fourth-order valence-corrected chi connectivity index (χ4v) is 7.72. The van der Waals surface area contributed by atoms with Crippen LogP contribution in [0.3, 0.4) is 0 Å². The predicted molar refractivity (Wildman–Crippen MR) is 152 cm³/mol. The third-order valence-corrected chi connectivity index (χ3v) is 10.9. The maximum Gasteiger partial charge on any atom is 0.410 e. The zero-order chi connectivity index (χ0) is 30.4. The Labute approximate surface area is 250 Å². The van der Waals surface area contributed by atoms with E-state index in [-0.39, 0.29) is 38.0 Å². The zero-order valence-corrected chi connectivity index (χ0v) is 24.7. The topological polar surface area (TPSA) is 142 Å². The molecule has 2 saturated carbocycles. The molecule has 1 aromatic rings. The van der Waals surface area contributed by atoms with Crippen molar-refractivity contribution in [2.24, 2.45) is 5.92 Å². The van der Waals surface area contributed by atoms with Crippen LogP contribution < -0.4 is 10.0 Å². The number of carbonyl (C=O) groups is 4. The standard InChI is InChI=1S/C30H37FN4O7S/c31-24-10-7-9-20-16-34(18-23(20)24)29(39)42-21-15-30(28(38)33-43(40,41)22-12-13-22)27(37)32-25-14-19(25)8-5-3-1-2-4-6-11-26(36)35(30)17-21/h5,7-10,19,21-22,25H,1-4,6,11-18H2,(H,32,37)(H,33,38)/b8-5-. The maximum absolute atomic E-state index is 14.3. The predicted octanol–water partition coefficient (Wildman–Crippen LogP) is 2.64. The molecule has 2 N–H and O–H groups in total. The first-order chi connectivity index (χ1) is 20.6. The number of halogens is 1. The van der Waals surface area contributed by atoms with Crippen LogP contribution in [0.2, 0.25) is 0 Å². The van der Waals surface area contributed by atoms with Crippen LogP contribution in [0.1, 0.15) is 75.3 Å². The van der Waals surface area contributed by atoms with Crippen molar-refractivity contribution in [1.29, 1.82) is 0 Å². The number of amides is 4. The van der Waals surface area contributed by atoms with Crippen molar-refractivity contribution in [3.05, 3.63) is 47.3 Å². The average molecular weight is 617 g/mol. The van der Waals surface area contributed by atoms with Gasteiger partial charge in [-0.15, -0.1) is 0 Å². The van der Waals surface area contributed by atoms with Gasteiger partial charge in [0.2, 0.25) is 21.5 Å². The second kappa shape index (κ2) is 11.5. The fraction of sp³-hybridized carbons (Fsp3) is 0.600. The molecule has 2 aliphatic carbocycles. The van der Waals surface area contributed by atoms with Crippen molar-refractivity contribution in [3.8, 4) is 0 Å². The molecule has 4 atom stereocenters. The van der Waals surface area contributed by atoms with E-state index in [0.717, 1.165) is 30.6 Å². The number of nitrogens with one attached hydrogen (secondary N) is 2. The van der Waals surface area contributed by atoms with Gasteiger partial charge in [-0.25, -0.2) is 17.6 Å². The monoisotopic (exact) mass is 616 g/mol. The number of sulfonamides is 1. The Kier molecular flexibility index (Phi) is 7.95. The molecule has 1 saturated heterocycles. The zero-order valence-electron chi connectivity index (χ0n) is 23.9. The Hall–Kier alpha value is -3.48. The van der Waals surface area contributed by atoms with Crippen LogP contribution >= 0.6 is 0 Å². The summed E-state index contributed by atoms with van der Waals surface area (Å²) in [6.07, 6.45) is 7.55. The first-order valence-electron chi connectivity index (χ1n) is 15.1. The Morgan fingerprint density at radius 1 is 1.09 bits per heavy atom. The van der Waals surface area contributed by atoms with E-state index in [2.05, 4.69) is 16.1 Å². The molecule has 3 fully saturated rings. The molecule has 4 amide bonds. The number of ether oxygens (including phenoxy) is 1. The van der Waals surface area contributed by atoms with Crippen LogP contribution in [0, 0.1) is 11.7 Å². The third-order valence-electron chi connectivity index (χ3n) is 9.12. The van der Waals surface area contributed by atoms with Gasteiger partial charge in [-0.3, -0.25) is 24.0 Å². The van der Waals surface area contributed by atoms with E-state index in [0.29, 0.717) is 36.8 Å². The van der Waals surface area contributed by atoms with Crippen LogP contribution in [-0.4, -0.2) is 71.5 Å². The summed E-state index contributed by atoms with van der Waals surface area (Å²) in [5, 5.41) is 2.15. The van der Waals surface area contributed by atoms with Crippen LogP contribution in [0.15, 0.2) is 30.4 Å². The lowest BCUT2D eigenvalue weighted by Gasteiger charge is -2.35. The lowest BCUT2D eigenvalue weighted by Crippen LogP contribution is -2.66. The first kappa shape index (κ1) is 29.6. The van der Waals surface area contributed by atoms with Gasteiger partial charge in [0.05, 0.1) is 18.3 Å². The Morgan fingerprint density at radius 2 is 1.88 bits per heavy atom. The number of nitrogens with zero attached hydrogens (tertiary/aromatic N) is 2. The number of hydrogen-bond donors (Lipinski definition) is 2. The molecule has 5 aliphatic rings. The van der Waals surface area contributed by atoms with Gasteiger partial charge in [0.25, 0.3) is 11.8 Å². The Morgan fingerprint density at radius 3 is 2.65 bits per heavy atom. The van der Waals surface area contributed by atoms with Crippen molar-refractivity contribution >= 4 is 33.8 Å². The van der Waals surface area contributed by atoms with Crippen molar-refractivity contribution in [3.63, 3.8) is 0 Å². The van der Waals surface area contributed by atoms with E-state index in [1.807, 2.05) is 6.08 Å². The molecule has 0 bridgehead atoms. The molecular weight excluding hydrogens is 579 g/mol. The highest BCUT2D eigenvalue weighted by molar-refractivity contribution is 7.91. The summed E-state index contributed by atoms with van der Waals surface area (Å²) in [6, 6.07) is 4.35. The average Bonchev–Trinajstić information content (AvgIpc) is 3.86. The van der Waals surface area contributed by atoms with Crippen LogP contribution in [-0.2, 0) is 42.2 Å². The normalized spacial score (nSPS) is 30.2. The second-order valence-corrected chi connectivity index (χ2v) is 14.3. The van der Waals surface area contributed by atoms with Crippen molar-refractivity contribution in [2.75, 3.05) is 6.54 Å². The van der Waals surface area contributed by atoms with Gasteiger partial charge in [-0.2, -0.15) is 0 Å². The molecule has 6 rings (SSSR count). The molecule has 4 unspecified atom stereocenters. The molecule has 11 nitrogen and oxygen atoms in total. The number of hydrogen-bond acceptors (Lipinski definition) is 7. The van der Waals surface area contributed by atoms with Crippen LogP contribution in [0.25, 0.3) is 0 Å². The summed E-state index contributed by atoms with van der Waals surface area (Å²) in [6.45, 7) is -0.125. The van der Waals surface area contributed by atoms with E-state index < -0.39 is 63.0 Å². The molecule has 1 aromatic carbocycles. The van der Waals surface area contributed by atoms with Crippen LogP contribution in [0.5, 0.6) is 0 Å². The highest BCUT2D eigenvalue weighted by Gasteiger charge is 2.61. The summed E-state index contributed by atoms with van der Waals surface area (Å²) in [5.41, 5.74) is -1.18. The molecule has 0 spiro atoms. The smallest absolute Gasteiger partial charge is 0.410 e. The van der Waals surface area contributed by atoms with Gasteiger partial charge < -0.3 is 15.0 Å². The molecule has 232 valence electrons. The van der Waals surface area contributed by atoms with E-state index in [4.69, 9.17) is 4.74 Å². The Bertz CT molecular complexity index is 1460. The van der Waals surface area contributed by atoms with Crippen molar-refractivity contribution in [1.82, 2.24) is 19.8 Å². The molecule has 3 heterocycles. The van der Waals surface area contributed by atoms with E-state index in [1.165, 1.54) is 11.0 Å². The SMILES string of the molecule is O=C(OC1CN2C(=O)CCCCCC/C=C\C3CC3NC(=O)C2(C(=O)NS(=O)(=O)C2CC2)C1)N1Cc2cccc(F)c2C1. The summed E-state index contributed by atoms with van der Waals surface area (Å²) in [5.74, 6) is -2.72. The fourth-order valence-electron chi connectivity index (χ4n) is 6.37. The van der Waals surface area contributed by atoms with Crippen molar-refractivity contribution in [2.45, 2.75) is 100 Å². The highest BCUT2D eigenvalue weighted by Crippen LogP contribution is 2.38.